The van der Waals surface area contributed by atoms with Crippen molar-refractivity contribution in [3.8, 4) is 11.4 Å². The van der Waals surface area contributed by atoms with E-state index in [1.165, 1.54) is 11.8 Å². The summed E-state index contributed by atoms with van der Waals surface area (Å²) < 4.78 is 12.4. The number of amides is 1. The Morgan fingerprint density at radius 3 is 2.86 bits per heavy atom. The lowest BCUT2D eigenvalue weighted by Gasteiger charge is -2.10. The van der Waals surface area contributed by atoms with E-state index >= 15 is 0 Å². The first-order valence-corrected chi connectivity index (χ1v) is 9.93. The largest absolute Gasteiger partial charge is 0.382 e. The highest BCUT2D eigenvalue weighted by atomic mass is 32.2. The summed E-state index contributed by atoms with van der Waals surface area (Å²) in [6.45, 7) is 5.76. The van der Waals surface area contributed by atoms with Gasteiger partial charge in [-0.05, 0) is 32.4 Å². The number of aryl methyl sites for hydroxylation is 1. The summed E-state index contributed by atoms with van der Waals surface area (Å²) in [5, 5.41) is 15.7. The highest BCUT2D eigenvalue weighted by molar-refractivity contribution is 7.99. The molecule has 0 unspecified atom stereocenters. The third-order valence-electron chi connectivity index (χ3n) is 3.76. The number of thioether (sulfide) groups is 1. The van der Waals surface area contributed by atoms with Gasteiger partial charge >= 0.3 is 0 Å². The van der Waals surface area contributed by atoms with E-state index in [1.54, 1.807) is 25.4 Å². The van der Waals surface area contributed by atoms with Crippen LogP contribution in [0, 0.1) is 6.92 Å². The number of hydrogen-bond donors (Lipinski definition) is 1. The number of nitrogens with zero attached hydrogens (tertiary/aromatic N) is 5. The molecule has 0 saturated carbocycles. The molecule has 0 atom stereocenters. The van der Waals surface area contributed by atoms with E-state index in [4.69, 9.17) is 9.26 Å². The van der Waals surface area contributed by atoms with Gasteiger partial charge in [0, 0.05) is 43.8 Å². The van der Waals surface area contributed by atoms with Crippen molar-refractivity contribution in [1.29, 1.82) is 0 Å². The van der Waals surface area contributed by atoms with Crippen LogP contribution in [0.1, 0.15) is 19.1 Å². The summed E-state index contributed by atoms with van der Waals surface area (Å²) in [6.07, 6.45) is 4.26. The quantitative estimate of drug-likeness (QED) is 0.407. The summed E-state index contributed by atoms with van der Waals surface area (Å²) in [4.78, 5) is 16.2. The van der Waals surface area contributed by atoms with E-state index < -0.39 is 0 Å². The number of carbonyl (C=O) groups excluding carboxylic acids is 1. The van der Waals surface area contributed by atoms with Crippen molar-refractivity contribution in [3.63, 3.8) is 0 Å². The van der Waals surface area contributed by atoms with E-state index in [0.29, 0.717) is 36.5 Å². The molecule has 0 aliphatic carbocycles. The second-order valence-corrected chi connectivity index (χ2v) is 6.85. The number of pyridine rings is 1. The smallest absolute Gasteiger partial charge is 0.236 e. The van der Waals surface area contributed by atoms with E-state index in [2.05, 4.69) is 25.7 Å². The number of anilines is 1. The van der Waals surface area contributed by atoms with Gasteiger partial charge < -0.3 is 19.1 Å². The van der Waals surface area contributed by atoms with Crippen LogP contribution in [0.5, 0.6) is 0 Å². The van der Waals surface area contributed by atoms with Crippen LogP contribution >= 0.6 is 11.8 Å². The lowest BCUT2D eigenvalue weighted by molar-refractivity contribution is -0.113. The first kappa shape index (κ1) is 20.0. The van der Waals surface area contributed by atoms with Crippen molar-refractivity contribution in [2.45, 2.75) is 32.0 Å². The number of carbonyl (C=O) groups is 1. The number of nitrogens with one attached hydrogen (secondary N) is 1. The molecule has 10 heteroatoms. The summed E-state index contributed by atoms with van der Waals surface area (Å²) in [7, 11) is 0. The molecule has 9 nitrogen and oxygen atoms in total. The summed E-state index contributed by atoms with van der Waals surface area (Å²) in [6, 6.07) is 5.44. The molecular weight excluding hydrogens is 380 g/mol. The van der Waals surface area contributed by atoms with Gasteiger partial charge in [0.05, 0.1) is 5.75 Å². The van der Waals surface area contributed by atoms with Gasteiger partial charge in [0.15, 0.2) is 16.8 Å². The first-order chi connectivity index (χ1) is 13.7. The molecule has 3 rings (SSSR count). The van der Waals surface area contributed by atoms with Crippen LogP contribution in [-0.2, 0) is 16.1 Å². The first-order valence-electron chi connectivity index (χ1n) is 8.94. The fourth-order valence-electron chi connectivity index (χ4n) is 2.51. The molecule has 1 amide bonds. The molecule has 3 aromatic heterocycles. The molecule has 0 radical (unpaired) electrons. The van der Waals surface area contributed by atoms with Crippen LogP contribution < -0.4 is 5.32 Å². The monoisotopic (exact) mass is 402 g/mol. The molecule has 3 aromatic rings. The minimum absolute atomic E-state index is 0.186. The van der Waals surface area contributed by atoms with E-state index in [1.807, 2.05) is 23.6 Å². The number of rotatable bonds is 10. The molecule has 1 N–H and O–H groups in total. The Morgan fingerprint density at radius 1 is 1.32 bits per heavy atom. The molecule has 148 valence electrons. The lowest BCUT2D eigenvalue weighted by atomic mass is 10.2. The fourth-order valence-corrected chi connectivity index (χ4v) is 3.28. The van der Waals surface area contributed by atoms with Gasteiger partial charge in [-0.2, -0.15) is 0 Å². The molecule has 3 heterocycles. The Hall–Kier alpha value is -2.72. The zero-order valence-corrected chi connectivity index (χ0v) is 16.6. The molecule has 0 fully saturated rings. The Labute approximate surface area is 166 Å². The van der Waals surface area contributed by atoms with Crippen molar-refractivity contribution >= 4 is 23.5 Å². The zero-order valence-electron chi connectivity index (χ0n) is 15.8. The molecule has 28 heavy (non-hydrogen) atoms. The Balaban J connectivity index is 1.68. The normalized spacial score (nSPS) is 10.9. The van der Waals surface area contributed by atoms with Gasteiger partial charge in [0.25, 0.3) is 0 Å². The minimum Gasteiger partial charge on any atom is -0.382 e. The van der Waals surface area contributed by atoms with E-state index in [9.17, 15) is 4.79 Å². The van der Waals surface area contributed by atoms with Crippen molar-refractivity contribution < 1.29 is 14.1 Å². The van der Waals surface area contributed by atoms with Gasteiger partial charge in [0.1, 0.15) is 5.76 Å². The number of aromatic nitrogens is 5. The minimum atomic E-state index is -0.187. The van der Waals surface area contributed by atoms with Crippen molar-refractivity contribution in [3.05, 3.63) is 36.4 Å². The summed E-state index contributed by atoms with van der Waals surface area (Å²) in [5.41, 5.74) is 0.924. The maximum absolute atomic E-state index is 12.2. The van der Waals surface area contributed by atoms with Crippen LogP contribution in [0.2, 0.25) is 0 Å². The van der Waals surface area contributed by atoms with Crippen molar-refractivity contribution in [2.24, 2.45) is 0 Å². The van der Waals surface area contributed by atoms with Crippen LogP contribution in [0.3, 0.4) is 0 Å². The zero-order chi connectivity index (χ0) is 19.8. The highest BCUT2D eigenvalue weighted by Gasteiger charge is 2.16. The van der Waals surface area contributed by atoms with Gasteiger partial charge in [-0.1, -0.05) is 16.9 Å². The molecular formula is C18H22N6O3S. The van der Waals surface area contributed by atoms with Gasteiger partial charge in [-0.3, -0.25) is 9.78 Å². The third kappa shape index (κ3) is 5.40. The van der Waals surface area contributed by atoms with Gasteiger partial charge in [-0.15, -0.1) is 10.2 Å². The Kier molecular flexibility index (Phi) is 7.15. The Morgan fingerprint density at radius 2 is 2.14 bits per heavy atom. The second-order valence-electron chi connectivity index (χ2n) is 5.90. The van der Waals surface area contributed by atoms with Crippen LogP contribution in [0.25, 0.3) is 11.4 Å². The molecule has 0 aliphatic heterocycles. The molecule has 0 spiro atoms. The van der Waals surface area contributed by atoms with Crippen LogP contribution in [-0.4, -0.2) is 49.8 Å². The van der Waals surface area contributed by atoms with Gasteiger partial charge in [-0.25, -0.2) is 0 Å². The van der Waals surface area contributed by atoms with Crippen molar-refractivity contribution in [2.75, 3.05) is 24.3 Å². The van der Waals surface area contributed by atoms with Crippen LogP contribution in [0.4, 0.5) is 5.82 Å². The predicted octanol–water partition coefficient (Wildman–Crippen LogP) is 2.79. The number of hydrogen-bond acceptors (Lipinski definition) is 8. The van der Waals surface area contributed by atoms with Gasteiger partial charge in [0.2, 0.25) is 5.91 Å². The van der Waals surface area contributed by atoms with Crippen molar-refractivity contribution in [1.82, 2.24) is 24.9 Å². The number of ether oxygens (including phenoxy) is 1. The average molecular weight is 402 g/mol. The fraction of sp³-hybridized carbons (Fsp3) is 0.389. The van der Waals surface area contributed by atoms with E-state index in [0.717, 1.165) is 17.8 Å². The Bertz CT molecular complexity index is 896. The standard InChI is InChI=1S/C18H22N6O3S/c1-3-26-10-4-9-24-17(14-5-7-19-8-6-14)21-22-18(24)28-12-16(25)20-15-11-13(2)27-23-15/h5-8,11H,3-4,9-10,12H2,1-2H3,(H,20,23,25). The second kappa shape index (κ2) is 10.00. The molecule has 0 bridgehead atoms. The summed E-state index contributed by atoms with van der Waals surface area (Å²) in [5.74, 6) is 1.78. The molecule has 0 saturated heterocycles. The molecule has 0 aromatic carbocycles. The molecule has 0 aliphatic rings. The summed E-state index contributed by atoms with van der Waals surface area (Å²) >= 11 is 1.32. The predicted molar refractivity (Wildman–Crippen MR) is 105 cm³/mol. The highest BCUT2D eigenvalue weighted by Crippen LogP contribution is 2.24. The average Bonchev–Trinajstić information content (AvgIpc) is 3.30. The maximum atomic E-state index is 12.2. The SMILES string of the molecule is CCOCCCn1c(SCC(=O)Nc2cc(C)on2)nnc1-c1ccncc1. The lowest BCUT2D eigenvalue weighted by Crippen LogP contribution is -2.15. The van der Waals surface area contributed by atoms with E-state index in [-0.39, 0.29) is 11.7 Å². The van der Waals surface area contributed by atoms with Crippen LogP contribution in [0.15, 0.2) is 40.3 Å². The maximum Gasteiger partial charge on any atom is 0.236 e. The topological polar surface area (TPSA) is 108 Å². The third-order valence-corrected chi connectivity index (χ3v) is 4.72.